The molecule has 0 saturated carbocycles. The SMILES string of the molecule is c1ccc2c(c1)N[C@@H]([C@H]1Nc3ccccc3S1)S2. The van der Waals surface area contributed by atoms with E-state index in [9.17, 15) is 0 Å². The molecule has 2 atom stereocenters. The first kappa shape index (κ1) is 10.6. The van der Waals surface area contributed by atoms with E-state index in [-0.39, 0.29) is 0 Å². The predicted molar refractivity (Wildman–Crippen MR) is 79.4 cm³/mol. The fourth-order valence-electron chi connectivity index (χ4n) is 2.29. The minimum atomic E-state index is 0.389. The molecule has 2 aromatic carbocycles. The maximum atomic E-state index is 3.59. The van der Waals surface area contributed by atoms with Crippen LogP contribution in [0.4, 0.5) is 11.4 Å². The molecule has 4 rings (SSSR count). The summed E-state index contributed by atoms with van der Waals surface area (Å²) >= 11 is 3.82. The lowest BCUT2D eigenvalue weighted by Gasteiger charge is -2.18. The molecule has 90 valence electrons. The molecule has 0 fully saturated rings. The Bertz CT molecular complexity index is 496. The summed E-state index contributed by atoms with van der Waals surface area (Å²) in [4.78, 5) is 2.70. The van der Waals surface area contributed by atoms with Crippen molar-refractivity contribution in [3.05, 3.63) is 48.5 Å². The number of hydrogen-bond acceptors (Lipinski definition) is 4. The Hall–Kier alpha value is -1.26. The molecule has 2 aromatic rings. The number of rotatable bonds is 1. The molecule has 18 heavy (non-hydrogen) atoms. The second-order valence-corrected chi connectivity index (χ2v) is 6.72. The van der Waals surface area contributed by atoms with E-state index in [1.54, 1.807) is 0 Å². The fourth-order valence-corrected chi connectivity index (χ4v) is 4.75. The van der Waals surface area contributed by atoms with Gasteiger partial charge in [0.1, 0.15) is 10.7 Å². The quantitative estimate of drug-likeness (QED) is 0.817. The highest BCUT2D eigenvalue weighted by Gasteiger charge is 2.33. The molecule has 0 saturated heterocycles. The zero-order chi connectivity index (χ0) is 11.9. The van der Waals surface area contributed by atoms with E-state index in [0.29, 0.717) is 10.7 Å². The number of nitrogens with one attached hydrogen (secondary N) is 2. The lowest BCUT2D eigenvalue weighted by molar-refractivity contribution is 0.978. The first-order valence-electron chi connectivity index (χ1n) is 5.95. The van der Waals surface area contributed by atoms with Crippen LogP contribution in [0.2, 0.25) is 0 Å². The van der Waals surface area contributed by atoms with E-state index in [0.717, 1.165) is 0 Å². The van der Waals surface area contributed by atoms with Gasteiger partial charge in [0.25, 0.3) is 0 Å². The predicted octanol–water partition coefficient (Wildman–Crippen LogP) is 4.07. The molecule has 0 bridgehead atoms. The van der Waals surface area contributed by atoms with Gasteiger partial charge in [-0.2, -0.15) is 0 Å². The summed E-state index contributed by atoms with van der Waals surface area (Å²) in [5, 5.41) is 7.96. The Labute approximate surface area is 115 Å². The minimum Gasteiger partial charge on any atom is -0.370 e. The maximum absolute atomic E-state index is 3.59. The van der Waals surface area contributed by atoms with Crippen molar-refractivity contribution in [2.24, 2.45) is 0 Å². The van der Waals surface area contributed by atoms with Crippen LogP contribution in [0.5, 0.6) is 0 Å². The Morgan fingerprint density at radius 2 is 1.11 bits per heavy atom. The van der Waals surface area contributed by atoms with Crippen LogP contribution in [0.15, 0.2) is 58.3 Å². The van der Waals surface area contributed by atoms with Gasteiger partial charge in [0, 0.05) is 21.2 Å². The van der Waals surface area contributed by atoms with Gasteiger partial charge in [-0.25, -0.2) is 0 Å². The molecular formula is C14H12N2S2. The molecule has 2 aliphatic heterocycles. The zero-order valence-corrected chi connectivity index (χ0v) is 11.2. The molecule has 2 aliphatic rings. The average Bonchev–Trinajstić information content (AvgIpc) is 3.02. The van der Waals surface area contributed by atoms with E-state index in [2.05, 4.69) is 59.2 Å². The number of thioether (sulfide) groups is 2. The van der Waals surface area contributed by atoms with Gasteiger partial charge in [-0.15, -0.1) is 0 Å². The lowest BCUT2D eigenvalue weighted by atomic mass is 10.3. The van der Waals surface area contributed by atoms with Crippen molar-refractivity contribution in [1.82, 2.24) is 0 Å². The van der Waals surface area contributed by atoms with Gasteiger partial charge in [0.05, 0.1) is 0 Å². The van der Waals surface area contributed by atoms with E-state index in [1.165, 1.54) is 21.2 Å². The van der Waals surface area contributed by atoms with E-state index < -0.39 is 0 Å². The van der Waals surface area contributed by atoms with Crippen LogP contribution in [-0.4, -0.2) is 10.7 Å². The highest BCUT2D eigenvalue weighted by molar-refractivity contribution is 8.04. The summed E-state index contributed by atoms with van der Waals surface area (Å²) in [6.45, 7) is 0. The van der Waals surface area contributed by atoms with Crippen molar-refractivity contribution < 1.29 is 0 Å². The third-order valence-corrected chi connectivity index (χ3v) is 5.83. The van der Waals surface area contributed by atoms with Crippen molar-refractivity contribution in [3.63, 3.8) is 0 Å². The highest BCUT2D eigenvalue weighted by Crippen LogP contribution is 2.47. The second kappa shape index (κ2) is 4.14. The van der Waals surface area contributed by atoms with E-state index >= 15 is 0 Å². The average molecular weight is 272 g/mol. The molecule has 0 amide bonds. The largest absolute Gasteiger partial charge is 0.370 e. The van der Waals surface area contributed by atoms with Crippen LogP contribution < -0.4 is 10.6 Å². The Kier molecular flexibility index (Phi) is 2.45. The maximum Gasteiger partial charge on any atom is 0.107 e. The summed E-state index contributed by atoms with van der Waals surface area (Å²) < 4.78 is 0. The summed E-state index contributed by atoms with van der Waals surface area (Å²) in [6, 6.07) is 17.0. The number of hydrogen-bond donors (Lipinski definition) is 2. The summed E-state index contributed by atoms with van der Waals surface area (Å²) in [5.74, 6) is 0. The molecule has 4 heteroatoms. The number of benzene rings is 2. The zero-order valence-electron chi connectivity index (χ0n) is 9.59. The third kappa shape index (κ3) is 1.68. The van der Waals surface area contributed by atoms with Crippen LogP contribution in [0.1, 0.15) is 0 Å². The molecule has 0 radical (unpaired) electrons. The lowest BCUT2D eigenvalue weighted by Crippen LogP contribution is -2.29. The van der Waals surface area contributed by atoms with E-state index in [4.69, 9.17) is 0 Å². The first-order chi connectivity index (χ1) is 8.90. The topological polar surface area (TPSA) is 24.1 Å². The van der Waals surface area contributed by atoms with Crippen molar-refractivity contribution in [2.75, 3.05) is 10.6 Å². The van der Waals surface area contributed by atoms with Gasteiger partial charge in [-0.05, 0) is 24.3 Å². The van der Waals surface area contributed by atoms with Gasteiger partial charge in [0.2, 0.25) is 0 Å². The Morgan fingerprint density at radius 3 is 1.56 bits per heavy atom. The van der Waals surface area contributed by atoms with Crippen LogP contribution in [0.25, 0.3) is 0 Å². The van der Waals surface area contributed by atoms with Crippen LogP contribution in [-0.2, 0) is 0 Å². The molecule has 0 aromatic heterocycles. The normalized spacial score (nSPS) is 24.0. The number of fused-ring (bicyclic) bond motifs is 2. The van der Waals surface area contributed by atoms with Gasteiger partial charge in [-0.1, -0.05) is 47.8 Å². The Balaban J connectivity index is 1.56. The molecular weight excluding hydrogens is 260 g/mol. The molecule has 0 unspecified atom stereocenters. The summed E-state index contributed by atoms with van der Waals surface area (Å²) in [6.07, 6.45) is 0. The molecule has 0 spiro atoms. The van der Waals surface area contributed by atoms with Crippen molar-refractivity contribution >= 4 is 34.9 Å². The molecule has 2 N–H and O–H groups in total. The molecule has 2 heterocycles. The number of anilines is 2. The monoisotopic (exact) mass is 272 g/mol. The van der Waals surface area contributed by atoms with Crippen LogP contribution in [0.3, 0.4) is 0 Å². The standard InChI is InChI=1S/C14H12N2S2/c1-3-7-11-9(5-1)15-13(17-11)14-16-10-6-2-4-8-12(10)18-14/h1-8,13-16H/t13-,14+. The van der Waals surface area contributed by atoms with Gasteiger partial charge >= 0.3 is 0 Å². The fraction of sp³-hybridized carbons (Fsp3) is 0.143. The Morgan fingerprint density at radius 1 is 0.667 bits per heavy atom. The highest BCUT2D eigenvalue weighted by atomic mass is 32.2. The molecule has 0 aliphatic carbocycles. The molecule has 2 nitrogen and oxygen atoms in total. The smallest absolute Gasteiger partial charge is 0.107 e. The van der Waals surface area contributed by atoms with Gasteiger partial charge < -0.3 is 10.6 Å². The third-order valence-electron chi connectivity index (χ3n) is 3.15. The summed E-state index contributed by atoms with van der Waals surface area (Å²) in [5.41, 5.74) is 2.51. The van der Waals surface area contributed by atoms with Crippen molar-refractivity contribution in [2.45, 2.75) is 20.5 Å². The summed E-state index contributed by atoms with van der Waals surface area (Å²) in [7, 11) is 0. The van der Waals surface area contributed by atoms with E-state index in [1.807, 2.05) is 23.5 Å². The second-order valence-electron chi connectivity index (χ2n) is 4.36. The van der Waals surface area contributed by atoms with Gasteiger partial charge in [0.15, 0.2) is 0 Å². The van der Waals surface area contributed by atoms with Gasteiger partial charge in [-0.3, -0.25) is 0 Å². The van der Waals surface area contributed by atoms with Crippen LogP contribution in [0, 0.1) is 0 Å². The first-order valence-corrected chi connectivity index (χ1v) is 7.70. The number of para-hydroxylation sites is 2. The minimum absolute atomic E-state index is 0.389. The van der Waals surface area contributed by atoms with Crippen LogP contribution >= 0.6 is 23.5 Å². The van der Waals surface area contributed by atoms with Crippen molar-refractivity contribution in [3.8, 4) is 0 Å². The van der Waals surface area contributed by atoms with Crippen molar-refractivity contribution in [1.29, 1.82) is 0 Å².